The van der Waals surface area contributed by atoms with E-state index < -0.39 is 0 Å². The van der Waals surface area contributed by atoms with Gasteiger partial charge in [0.25, 0.3) is 0 Å². The second-order valence-corrected chi connectivity index (χ2v) is 10.7. The van der Waals surface area contributed by atoms with Gasteiger partial charge in [0, 0.05) is 51.5 Å². The Bertz CT molecular complexity index is 587. The highest BCUT2D eigenvalue weighted by Gasteiger charge is 2.49. The van der Waals surface area contributed by atoms with E-state index >= 15 is 0 Å². The minimum atomic E-state index is -0.326. The topological polar surface area (TPSA) is 45.3 Å². The molecule has 4 fully saturated rings. The molecule has 4 aliphatic rings. The molecule has 0 aromatic heterocycles. The first-order valence-electron chi connectivity index (χ1n) is 13.6. The van der Waals surface area contributed by atoms with Gasteiger partial charge in [-0.1, -0.05) is 19.8 Å². The maximum absolute atomic E-state index is 13.3. The van der Waals surface area contributed by atoms with E-state index in [2.05, 4.69) is 28.5 Å². The lowest BCUT2D eigenvalue weighted by Gasteiger charge is -2.51. The summed E-state index contributed by atoms with van der Waals surface area (Å²) in [5.74, 6) is 1.08. The Hall–Kier alpha value is -0.690. The fourth-order valence-corrected chi connectivity index (χ4v) is 6.84. The summed E-state index contributed by atoms with van der Waals surface area (Å²) in [5.41, 5.74) is 0. The molecular formula is C26H47N3O3. The van der Waals surface area contributed by atoms with E-state index in [1.807, 2.05) is 0 Å². The van der Waals surface area contributed by atoms with Crippen molar-refractivity contribution in [3.05, 3.63) is 0 Å². The predicted molar refractivity (Wildman–Crippen MR) is 128 cm³/mol. The summed E-state index contributed by atoms with van der Waals surface area (Å²) in [7, 11) is 0. The zero-order chi connectivity index (χ0) is 22.4. The van der Waals surface area contributed by atoms with Crippen molar-refractivity contribution in [1.82, 2.24) is 14.7 Å². The minimum absolute atomic E-state index is 0.326. The lowest BCUT2D eigenvalue weighted by atomic mass is 9.72. The Balaban J connectivity index is 1.32. The van der Waals surface area contributed by atoms with Crippen LogP contribution in [0.1, 0.15) is 78.1 Å². The summed E-state index contributed by atoms with van der Waals surface area (Å²) in [4.78, 5) is 20.7. The number of likely N-dealkylation sites (N-methyl/N-ethyl adjacent to an activating group) is 1. The second kappa shape index (κ2) is 11.6. The van der Waals surface area contributed by atoms with Crippen LogP contribution in [0.2, 0.25) is 0 Å². The molecule has 1 spiro atoms. The van der Waals surface area contributed by atoms with Crippen LogP contribution in [0.3, 0.4) is 0 Å². The molecule has 0 bridgehead atoms. The third-order valence-electron chi connectivity index (χ3n) is 8.44. The molecule has 0 N–H and O–H groups in total. The molecule has 0 unspecified atom stereocenters. The van der Waals surface area contributed by atoms with Crippen LogP contribution in [0, 0.1) is 11.8 Å². The molecule has 1 aliphatic carbocycles. The van der Waals surface area contributed by atoms with Gasteiger partial charge in [0.1, 0.15) is 0 Å². The number of hydrogen-bond acceptors (Lipinski definition) is 5. The summed E-state index contributed by atoms with van der Waals surface area (Å²) in [5, 5.41) is 0. The fourth-order valence-electron chi connectivity index (χ4n) is 6.84. The molecule has 4 rings (SSSR count). The highest BCUT2D eigenvalue weighted by molar-refractivity contribution is 5.76. The van der Waals surface area contributed by atoms with Crippen LogP contribution >= 0.6 is 0 Å². The van der Waals surface area contributed by atoms with Gasteiger partial charge in [-0.25, -0.2) is 0 Å². The average Bonchev–Trinajstić information content (AvgIpc) is 3.06. The molecule has 6 nitrogen and oxygen atoms in total. The van der Waals surface area contributed by atoms with Crippen LogP contribution in [0.25, 0.3) is 0 Å². The lowest BCUT2D eigenvalue weighted by molar-refractivity contribution is -0.203. The third-order valence-corrected chi connectivity index (χ3v) is 8.44. The van der Waals surface area contributed by atoms with E-state index in [0.29, 0.717) is 30.2 Å². The highest BCUT2D eigenvalue weighted by atomic mass is 16.7. The Morgan fingerprint density at radius 2 is 1.81 bits per heavy atom. The van der Waals surface area contributed by atoms with E-state index in [9.17, 15) is 4.79 Å². The van der Waals surface area contributed by atoms with Gasteiger partial charge in [-0.2, -0.15) is 0 Å². The number of ether oxygens (including phenoxy) is 2. The predicted octanol–water partition coefficient (Wildman–Crippen LogP) is 3.74. The van der Waals surface area contributed by atoms with Crippen molar-refractivity contribution in [3.8, 4) is 0 Å². The maximum Gasteiger partial charge on any atom is 0.222 e. The van der Waals surface area contributed by atoms with Crippen molar-refractivity contribution in [2.24, 2.45) is 11.8 Å². The molecule has 3 saturated heterocycles. The number of fused-ring (bicyclic) bond motifs is 1. The van der Waals surface area contributed by atoms with Crippen molar-refractivity contribution in [3.63, 3.8) is 0 Å². The van der Waals surface area contributed by atoms with E-state index in [1.165, 1.54) is 51.6 Å². The van der Waals surface area contributed by atoms with Gasteiger partial charge in [-0.15, -0.1) is 0 Å². The SMILES string of the molecule is CCCN1C[C@@H](CC(=O)N(CC)CCN2CCCCCC2)C[C@@H]2CC3(CC[C@H]21)OCCO3. The molecule has 3 atom stereocenters. The Labute approximate surface area is 196 Å². The summed E-state index contributed by atoms with van der Waals surface area (Å²) in [6, 6.07) is 0.644. The normalized spacial score (nSPS) is 31.4. The smallest absolute Gasteiger partial charge is 0.222 e. The molecule has 0 radical (unpaired) electrons. The van der Waals surface area contributed by atoms with Gasteiger partial charge in [-0.05, 0) is 70.5 Å². The minimum Gasteiger partial charge on any atom is -0.348 e. The summed E-state index contributed by atoms with van der Waals surface area (Å²) in [6.07, 6.45) is 11.6. The van der Waals surface area contributed by atoms with E-state index in [4.69, 9.17) is 9.47 Å². The monoisotopic (exact) mass is 449 g/mol. The van der Waals surface area contributed by atoms with Crippen LogP contribution in [-0.4, -0.2) is 91.5 Å². The Morgan fingerprint density at radius 1 is 1.06 bits per heavy atom. The van der Waals surface area contributed by atoms with Gasteiger partial charge < -0.3 is 19.3 Å². The zero-order valence-electron chi connectivity index (χ0n) is 20.7. The molecule has 184 valence electrons. The largest absolute Gasteiger partial charge is 0.348 e. The van der Waals surface area contributed by atoms with Gasteiger partial charge in [0.15, 0.2) is 5.79 Å². The first-order chi connectivity index (χ1) is 15.6. The van der Waals surface area contributed by atoms with Gasteiger partial charge in [0.05, 0.1) is 13.2 Å². The van der Waals surface area contributed by atoms with Crippen molar-refractivity contribution >= 4 is 5.91 Å². The number of rotatable bonds is 8. The van der Waals surface area contributed by atoms with Crippen LogP contribution in [0.4, 0.5) is 0 Å². The van der Waals surface area contributed by atoms with Crippen molar-refractivity contribution in [2.75, 3.05) is 59.0 Å². The first kappa shape index (κ1) is 24.4. The third kappa shape index (κ3) is 6.05. The zero-order valence-corrected chi connectivity index (χ0v) is 20.7. The molecule has 3 aliphatic heterocycles. The molecule has 0 aromatic carbocycles. The number of hydrogen-bond donors (Lipinski definition) is 0. The molecule has 1 saturated carbocycles. The van der Waals surface area contributed by atoms with Gasteiger partial charge in [-0.3, -0.25) is 9.69 Å². The van der Waals surface area contributed by atoms with Crippen LogP contribution in [0.15, 0.2) is 0 Å². The van der Waals surface area contributed by atoms with Crippen molar-refractivity contribution < 1.29 is 14.3 Å². The number of amides is 1. The van der Waals surface area contributed by atoms with E-state index in [0.717, 1.165) is 65.2 Å². The standard InChI is InChI=1S/C26H47N3O3/c1-3-11-29-21-22(18-23-20-26(10-9-24(23)29)31-16-17-32-26)19-25(30)28(4-2)15-14-27-12-7-5-6-8-13-27/h22-24H,3-21H2,1-2H3/t22-,23-,24-/m1/s1. The van der Waals surface area contributed by atoms with Gasteiger partial charge >= 0.3 is 0 Å². The molecular weight excluding hydrogens is 402 g/mol. The molecule has 1 amide bonds. The second-order valence-electron chi connectivity index (χ2n) is 10.7. The van der Waals surface area contributed by atoms with Crippen LogP contribution in [-0.2, 0) is 14.3 Å². The Morgan fingerprint density at radius 3 is 2.50 bits per heavy atom. The number of nitrogens with zero attached hydrogens (tertiary/aromatic N) is 3. The van der Waals surface area contributed by atoms with E-state index in [-0.39, 0.29) is 5.79 Å². The summed E-state index contributed by atoms with van der Waals surface area (Å²) in [6.45, 7) is 13.3. The van der Waals surface area contributed by atoms with E-state index in [1.54, 1.807) is 0 Å². The molecule has 3 heterocycles. The Kier molecular flexibility index (Phi) is 8.88. The molecule has 0 aromatic rings. The van der Waals surface area contributed by atoms with Crippen molar-refractivity contribution in [2.45, 2.75) is 89.9 Å². The van der Waals surface area contributed by atoms with Gasteiger partial charge in [0.2, 0.25) is 5.91 Å². The number of piperidine rings is 1. The number of carbonyl (C=O) groups is 1. The first-order valence-corrected chi connectivity index (χ1v) is 13.6. The van der Waals surface area contributed by atoms with Crippen molar-refractivity contribution in [1.29, 1.82) is 0 Å². The summed E-state index contributed by atoms with van der Waals surface area (Å²) < 4.78 is 12.2. The number of carbonyl (C=O) groups excluding carboxylic acids is 1. The quantitative estimate of drug-likeness (QED) is 0.565. The number of likely N-dealkylation sites (tertiary alicyclic amines) is 2. The molecule has 6 heteroatoms. The highest BCUT2D eigenvalue weighted by Crippen LogP contribution is 2.45. The lowest BCUT2D eigenvalue weighted by Crippen LogP contribution is -2.55. The van der Waals surface area contributed by atoms with Crippen LogP contribution in [0.5, 0.6) is 0 Å². The average molecular weight is 450 g/mol. The molecule has 32 heavy (non-hydrogen) atoms. The fraction of sp³-hybridized carbons (Fsp3) is 0.962. The maximum atomic E-state index is 13.3. The van der Waals surface area contributed by atoms with Crippen LogP contribution < -0.4 is 0 Å². The summed E-state index contributed by atoms with van der Waals surface area (Å²) >= 11 is 0.